The van der Waals surface area contributed by atoms with Crippen molar-refractivity contribution in [2.24, 2.45) is 0 Å². The SMILES string of the molecule is CCCCN(C)S(=O)(=O)c1ccc(C(=O)N(C)CCc2ccncc2)cc1. The second-order valence-corrected chi connectivity index (χ2v) is 8.58. The molecule has 1 aromatic carbocycles. The Morgan fingerprint density at radius 1 is 1.00 bits per heavy atom. The first kappa shape index (κ1) is 21.1. The number of rotatable bonds is 9. The average Bonchev–Trinajstić information content (AvgIpc) is 2.70. The second-order valence-electron chi connectivity index (χ2n) is 6.54. The lowest BCUT2D eigenvalue weighted by atomic mass is 10.1. The lowest BCUT2D eigenvalue weighted by Crippen LogP contribution is -2.29. The van der Waals surface area contributed by atoms with Crippen LogP contribution in [0.15, 0.2) is 53.7 Å². The Morgan fingerprint density at radius 2 is 1.63 bits per heavy atom. The molecule has 0 unspecified atom stereocenters. The summed E-state index contributed by atoms with van der Waals surface area (Å²) in [4.78, 5) is 18.4. The van der Waals surface area contributed by atoms with Crippen LogP contribution in [0.25, 0.3) is 0 Å². The maximum atomic E-state index is 12.6. The third-order valence-electron chi connectivity index (χ3n) is 4.47. The van der Waals surface area contributed by atoms with Gasteiger partial charge in [-0.05, 0) is 54.8 Å². The van der Waals surface area contributed by atoms with Gasteiger partial charge in [0, 0.05) is 45.1 Å². The van der Waals surface area contributed by atoms with Gasteiger partial charge in [0.25, 0.3) is 5.91 Å². The Hall–Kier alpha value is -2.25. The first-order valence-electron chi connectivity index (χ1n) is 9.07. The monoisotopic (exact) mass is 389 g/mol. The molecule has 1 heterocycles. The quantitative estimate of drug-likeness (QED) is 0.661. The summed E-state index contributed by atoms with van der Waals surface area (Å²) in [5, 5.41) is 0. The zero-order valence-corrected chi connectivity index (χ0v) is 16.9. The van der Waals surface area contributed by atoms with Crippen molar-refractivity contribution >= 4 is 15.9 Å². The van der Waals surface area contributed by atoms with Gasteiger partial charge < -0.3 is 4.90 Å². The molecule has 27 heavy (non-hydrogen) atoms. The zero-order chi connectivity index (χ0) is 19.9. The standard InChI is InChI=1S/C20H27N3O3S/c1-4-5-15-23(3)27(25,26)19-8-6-18(7-9-19)20(24)22(2)16-12-17-10-13-21-14-11-17/h6-11,13-14H,4-5,12,15-16H2,1-3H3. The number of amides is 1. The van der Waals surface area contributed by atoms with Crippen molar-refractivity contribution in [3.63, 3.8) is 0 Å². The minimum atomic E-state index is -3.52. The molecule has 2 rings (SSSR count). The summed E-state index contributed by atoms with van der Waals surface area (Å²) in [7, 11) is -0.195. The summed E-state index contributed by atoms with van der Waals surface area (Å²) in [5.41, 5.74) is 1.59. The number of hydrogen-bond acceptors (Lipinski definition) is 4. The smallest absolute Gasteiger partial charge is 0.253 e. The van der Waals surface area contributed by atoms with Crippen LogP contribution in [0.5, 0.6) is 0 Å². The minimum Gasteiger partial charge on any atom is -0.341 e. The molecular weight excluding hydrogens is 362 g/mol. The van der Waals surface area contributed by atoms with E-state index in [1.807, 2.05) is 19.1 Å². The molecule has 7 heteroatoms. The van der Waals surface area contributed by atoms with Crippen molar-refractivity contribution in [1.82, 2.24) is 14.2 Å². The number of hydrogen-bond donors (Lipinski definition) is 0. The first-order chi connectivity index (χ1) is 12.9. The molecule has 0 fully saturated rings. The molecule has 0 aliphatic carbocycles. The molecule has 6 nitrogen and oxygen atoms in total. The number of likely N-dealkylation sites (N-methyl/N-ethyl adjacent to an activating group) is 1. The van der Waals surface area contributed by atoms with E-state index < -0.39 is 10.0 Å². The van der Waals surface area contributed by atoms with Crippen molar-refractivity contribution < 1.29 is 13.2 Å². The third-order valence-corrected chi connectivity index (χ3v) is 6.34. The van der Waals surface area contributed by atoms with E-state index in [1.165, 1.54) is 16.4 Å². The molecule has 0 aliphatic rings. The van der Waals surface area contributed by atoms with Crippen LogP contribution in [0, 0.1) is 0 Å². The fourth-order valence-corrected chi connectivity index (χ4v) is 3.83. The molecule has 0 bridgehead atoms. The fourth-order valence-electron chi connectivity index (χ4n) is 2.62. The molecule has 146 valence electrons. The Bertz CT molecular complexity index is 837. The molecule has 0 radical (unpaired) electrons. The van der Waals surface area contributed by atoms with Gasteiger partial charge in [0.15, 0.2) is 0 Å². The van der Waals surface area contributed by atoms with E-state index in [4.69, 9.17) is 0 Å². The molecule has 1 aromatic heterocycles. The Morgan fingerprint density at radius 3 is 2.22 bits per heavy atom. The molecule has 2 aromatic rings. The highest BCUT2D eigenvalue weighted by molar-refractivity contribution is 7.89. The second kappa shape index (κ2) is 9.62. The van der Waals surface area contributed by atoms with Crippen molar-refractivity contribution in [3.05, 3.63) is 59.9 Å². The lowest BCUT2D eigenvalue weighted by Gasteiger charge is -2.19. The van der Waals surface area contributed by atoms with Crippen LogP contribution in [0.4, 0.5) is 0 Å². The topological polar surface area (TPSA) is 70.6 Å². The van der Waals surface area contributed by atoms with E-state index in [1.54, 1.807) is 43.5 Å². The summed E-state index contributed by atoms with van der Waals surface area (Å²) in [6.07, 6.45) is 5.94. The van der Waals surface area contributed by atoms with Gasteiger partial charge in [-0.25, -0.2) is 12.7 Å². The number of benzene rings is 1. The zero-order valence-electron chi connectivity index (χ0n) is 16.1. The Kier molecular flexibility index (Phi) is 7.50. The normalized spacial score (nSPS) is 11.6. The number of sulfonamides is 1. The van der Waals surface area contributed by atoms with Gasteiger partial charge in [0.05, 0.1) is 4.90 Å². The highest BCUT2D eigenvalue weighted by Gasteiger charge is 2.21. The number of pyridine rings is 1. The molecule has 0 N–H and O–H groups in total. The largest absolute Gasteiger partial charge is 0.341 e. The van der Waals surface area contributed by atoms with Crippen molar-refractivity contribution in [2.45, 2.75) is 31.1 Å². The van der Waals surface area contributed by atoms with E-state index in [0.29, 0.717) is 18.7 Å². The van der Waals surface area contributed by atoms with Gasteiger partial charge in [0.1, 0.15) is 0 Å². The van der Waals surface area contributed by atoms with Crippen LogP contribution in [0.3, 0.4) is 0 Å². The number of nitrogens with zero attached hydrogens (tertiary/aromatic N) is 3. The van der Waals surface area contributed by atoms with E-state index in [-0.39, 0.29) is 10.8 Å². The summed E-state index contributed by atoms with van der Waals surface area (Å²) >= 11 is 0. The summed E-state index contributed by atoms with van der Waals surface area (Å²) in [6.45, 7) is 3.08. The minimum absolute atomic E-state index is 0.132. The van der Waals surface area contributed by atoms with Crippen LogP contribution in [-0.2, 0) is 16.4 Å². The third kappa shape index (κ3) is 5.61. The lowest BCUT2D eigenvalue weighted by molar-refractivity contribution is 0.0796. The molecule has 0 spiro atoms. The maximum Gasteiger partial charge on any atom is 0.253 e. The van der Waals surface area contributed by atoms with Gasteiger partial charge in [-0.3, -0.25) is 9.78 Å². The van der Waals surface area contributed by atoms with Crippen LogP contribution in [0.2, 0.25) is 0 Å². The molecule has 0 aliphatic heterocycles. The van der Waals surface area contributed by atoms with Crippen molar-refractivity contribution in [3.8, 4) is 0 Å². The van der Waals surface area contributed by atoms with Crippen LogP contribution < -0.4 is 0 Å². The van der Waals surface area contributed by atoms with E-state index in [9.17, 15) is 13.2 Å². The number of unbranched alkanes of at least 4 members (excludes halogenated alkanes) is 1. The average molecular weight is 390 g/mol. The maximum absolute atomic E-state index is 12.6. The predicted molar refractivity (Wildman–Crippen MR) is 106 cm³/mol. The van der Waals surface area contributed by atoms with Crippen molar-refractivity contribution in [2.75, 3.05) is 27.2 Å². The Labute approximate surface area is 161 Å². The number of aromatic nitrogens is 1. The molecule has 0 atom stereocenters. The summed E-state index contributed by atoms with van der Waals surface area (Å²) in [6, 6.07) is 10.0. The molecule has 0 saturated carbocycles. The molecule has 0 saturated heterocycles. The highest BCUT2D eigenvalue weighted by atomic mass is 32.2. The molecular formula is C20H27N3O3S. The van der Waals surface area contributed by atoms with Crippen LogP contribution >= 0.6 is 0 Å². The number of carbonyl (C=O) groups excluding carboxylic acids is 1. The van der Waals surface area contributed by atoms with Gasteiger partial charge in [-0.1, -0.05) is 13.3 Å². The van der Waals surface area contributed by atoms with Gasteiger partial charge in [0.2, 0.25) is 10.0 Å². The van der Waals surface area contributed by atoms with Gasteiger partial charge in [-0.15, -0.1) is 0 Å². The van der Waals surface area contributed by atoms with Crippen LogP contribution in [-0.4, -0.2) is 55.7 Å². The van der Waals surface area contributed by atoms with E-state index in [0.717, 1.165) is 24.8 Å². The van der Waals surface area contributed by atoms with E-state index >= 15 is 0 Å². The highest BCUT2D eigenvalue weighted by Crippen LogP contribution is 2.16. The predicted octanol–water partition coefficient (Wildman–Crippen LogP) is 2.82. The van der Waals surface area contributed by atoms with Crippen molar-refractivity contribution in [1.29, 1.82) is 0 Å². The Balaban J connectivity index is 2.02. The van der Waals surface area contributed by atoms with E-state index in [2.05, 4.69) is 4.98 Å². The summed E-state index contributed by atoms with van der Waals surface area (Å²) in [5.74, 6) is -0.132. The van der Waals surface area contributed by atoms with Crippen LogP contribution in [0.1, 0.15) is 35.7 Å². The number of carbonyl (C=O) groups is 1. The molecule has 1 amide bonds. The first-order valence-corrected chi connectivity index (χ1v) is 10.5. The van der Waals surface area contributed by atoms with Gasteiger partial charge in [-0.2, -0.15) is 0 Å². The van der Waals surface area contributed by atoms with Gasteiger partial charge >= 0.3 is 0 Å². The summed E-state index contributed by atoms with van der Waals surface area (Å²) < 4.78 is 26.4. The fraction of sp³-hybridized carbons (Fsp3) is 0.400.